The number of benzene rings is 1. The molecule has 0 saturated carbocycles. The molecule has 104 valence electrons. The molecule has 2 rings (SSSR count). The first kappa shape index (κ1) is 14.3. The van der Waals surface area contributed by atoms with Crippen molar-refractivity contribution in [2.24, 2.45) is 4.99 Å². The van der Waals surface area contributed by atoms with Crippen molar-refractivity contribution in [1.29, 1.82) is 0 Å². The fourth-order valence-corrected chi connectivity index (χ4v) is 2.38. The second-order valence-corrected chi connectivity index (χ2v) is 5.26. The molecule has 0 bridgehead atoms. The van der Waals surface area contributed by atoms with E-state index in [4.69, 9.17) is 0 Å². The van der Waals surface area contributed by atoms with Crippen LogP contribution in [0.3, 0.4) is 0 Å². The predicted octanol–water partition coefficient (Wildman–Crippen LogP) is 3.95. The summed E-state index contributed by atoms with van der Waals surface area (Å²) in [4.78, 5) is 4.45. The summed E-state index contributed by atoms with van der Waals surface area (Å²) in [6.45, 7) is 11.3. The molecule has 20 heavy (non-hydrogen) atoms. The first-order valence-corrected chi connectivity index (χ1v) is 6.98. The molecule has 0 saturated heterocycles. The normalized spacial score (nSPS) is 15.2. The lowest BCUT2D eigenvalue weighted by atomic mass is 9.99. The first-order chi connectivity index (χ1) is 9.60. The van der Waals surface area contributed by atoms with Crippen LogP contribution in [0.1, 0.15) is 25.0 Å². The minimum Gasteiger partial charge on any atom is -0.379 e. The van der Waals surface area contributed by atoms with Crippen LogP contribution in [0.2, 0.25) is 0 Å². The predicted molar refractivity (Wildman–Crippen MR) is 87.0 cm³/mol. The molecule has 0 unspecified atom stereocenters. The maximum absolute atomic E-state index is 4.45. The smallest absolute Gasteiger partial charge is 0.0859 e. The number of hydrogen-bond donors (Lipinski definition) is 1. The maximum atomic E-state index is 4.45. The Balaban J connectivity index is 2.25. The molecule has 0 aromatic heterocycles. The Morgan fingerprint density at radius 3 is 2.90 bits per heavy atom. The Bertz CT molecular complexity index is 604. The molecular formula is C18H22N2. The number of allylic oxidation sites excluding steroid dienone is 2. The largest absolute Gasteiger partial charge is 0.379 e. The van der Waals surface area contributed by atoms with Crippen molar-refractivity contribution in [2.75, 3.05) is 6.54 Å². The highest BCUT2D eigenvalue weighted by Gasteiger charge is 2.13. The SMILES string of the molecule is C=C(Cc1cccc(C)c1)C1=C(N=CC)C=C(C)CN1. The summed E-state index contributed by atoms with van der Waals surface area (Å²) in [6.07, 6.45) is 4.80. The molecule has 0 atom stereocenters. The molecule has 1 heterocycles. The van der Waals surface area contributed by atoms with Crippen LogP contribution < -0.4 is 5.32 Å². The lowest BCUT2D eigenvalue weighted by molar-refractivity contribution is 0.831. The van der Waals surface area contributed by atoms with E-state index in [0.29, 0.717) is 0 Å². The molecule has 1 aliphatic heterocycles. The van der Waals surface area contributed by atoms with Crippen molar-refractivity contribution < 1.29 is 0 Å². The van der Waals surface area contributed by atoms with Crippen molar-refractivity contribution in [3.63, 3.8) is 0 Å². The Kier molecular flexibility index (Phi) is 4.57. The highest BCUT2D eigenvalue weighted by atomic mass is 14.9. The summed E-state index contributed by atoms with van der Waals surface area (Å²) in [5.74, 6) is 0. The topological polar surface area (TPSA) is 24.4 Å². The standard InChI is InChI=1S/C18H22N2/c1-5-19-17-10-14(3)12-20-18(17)15(4)11-16-8-6-7-13(2)9-16/h5-10,20H,4,11-12H2,1-3H3. The van der Waals surface area contributed by atoms with Gasteiger partial charge >= 0.3 is 0 Å². The van der Waals surface area contributed by atoms with E-state index in [-0.39, 0.29) is 0 Å². The van der Waals surface area contributed by atoms with Gasteiger partial charge in [0.1, 0.15) is 0 Å². The zero-order valence-electron chi connectivity index (χ0n) is 12.5. The number of dihydropyridines is 1. The molecule has 1 N–H and O–H groups in total. The Labute approximate surface area is 121 Å². The van der Waals surface area contributed by atoms with Gasteiger partial charge in [-0.3, -0.25) is 4.99 Å². The molecule has 0 amide bonds. The third kappa shape index (κ3) is 3.47. The van der Waals surface area contributed by atoms with Gasteiger partial charge in [0.2, 0.25) is 0 Å². The fourth-order valence-electron chi connectivity index (χ4n) is 2.38. The van der Waals surface area contributed by atoms with Crippen molar-refractivity contribution in [1.82, 2.24) is 5.32 Å². The van der Waals surface area contributed by atoms with Crippen LogP contribution in [0, 0.1) is 6.92 Å². The number of nitrogens with one attached hydrogen (secondary N) is 1. The quantitative estimate of drug-likeness (QED) is 0.820. The van der Waals surface area contributed by atoms with E-state index in [1.54, 1.807) is 0 Å². The van der Waals surface area contributed by atoms with Crippen molar-refractivity contribution in [3.8, 4) is 0 Å². The summed E-state index contributed by atoms with van der Waals surface area (Å²) < 4.78 is 0. The van der Waals surface area contributed by atoms with Crippen LogP contribution in [0.15, 0.2) is 64.5 Å². The van der Waals surface area contributed by atoms with Crippen LogP contribution >= 0.6 is 0 Å². The van der Waals surface area contributed by atoms with E-state index in [2.05, 4.69) is 61.1 Å². The molecule has 0 aliphatic carbocycles. The second kappa shape index (κ2) is 6.38. The molecule has 2 heteroatoms. The van der Waals surface area contributed by atoms with Gasteiger partial charge in [-0.2, -0.15) is 0 Å². The molecule has 0 fully saturated rings. The third-order valence-electron chi connectivity index (χ3n) is 3.30. The monoisotopic (exact) mass is 266 g/mol. The third-order valence-corrected chi connectivity index (χ3v) is 3.30. The van der Waals surface area contributed by atoms with Crippen molar-refractivity contribution in [2.45, 2.75) is 27.2 Å². The summed E-state index contributed by atoms with van der Waals surface area (Å²) >= 11 is 0. The van der Waals surface area contributed by atoms with E-state index in [1.165, 1.54) is 16.7 Å². The summed E-state index contributed by atoms with van der Waals surface area (Å²) in [5.41, 5.74) is 6.99. The van der Waals surface area contributed by atoms with E-state index >= 15 is 0 Å². The minimum absolute atomic E-state index is 0.847. The lowest BCUT2D eigenvalue weighted by Crippen LogP contribution is -2.22. The molecular weight excluding hydrogens is 244 g/mol. The van der Waals surface area contributed by atoms with Gasteiger partial charge in [0.25, 0.3) is 0 Å². The highest BCUT2D eigenvalue weighted by molar-refractivity contribution is 5.58. The molecule has 2 nitrogen and oxygen atoms in total. The van der Waals surface area contributed by atoms with Gasteiger partial charge in [-0.15, -0.1) is 0 Å². The van der Waals surface area contributed by atoms with Crippen LogP contribution in [-0.4, -0.2) is 12.8 Å². The Morgan fingerprint density at radius 2 is 2.20 bits per heavy atom. The van der Waals surface area contributed by atoms with Gasteiger partial charge in [0.15, 0.2) is 0 Å². The van der Waals surface area contributed by atoms with E-state index < -0.39 is 0 Å². The number of aliphatic imine (C=N–C) groups is 1. The Morgan fingerprint density at radius 1 is 1.40 bits per heavy atom. The number of aryl methyl sites for hydroxylation is 1. The minimum atomic E-state index is 0.847. The van der Waals surface area contributed by atoms with Gasteiger partial charge in [0.05, 0.1) is 11.4 Å². The van der Waals surface area contributed by atoms with Gasteiger partial charge < -0.3 is 5.32 Å². The molecule has 0 spiro atoms. The van der Waals surface area contributed by atoms with E-state index in [0.717, 1.165) is 29.9 Å². The van der Waals surface area contributed by atoms with E-state index in [1.807, 2.05) is 13.1 Å². The molecule has 0 radical (unpaired) electrons. The molecule has 1 aliphatic rings. The van der Waals surface area contributed by atoms with Crippen LogP contribution in [0.5, 0.6) is 0 Å². The van der Waals surface area contributed by atoms with Crippen molar-refractivity contribution in [3.05, 3.63) is 70.6 Å². The van der Waals surface area contributed by atoms with E-state index in [9.17, 15) is 0 Å². The van der Waals surface area contributed by atoms with Crippen LogP contribution in [-0.2, 0) is 6.42 Å². The van der Waals surface area contributed by atoms with Gasteiger partial charge in [0, 0.05) is 12.8 Å². The van der Waals surface area contributed by atoms with Gasteiger partial charge in [-0.05, 0) is 44.4 Å². The number of nitrogens with zero attached hydrogens (tertiary/aromatic N) is 1. The fraction of sp³-hybridized carbons (Fsp3) is 0.278. The zero-order chi connectivity index (χ0) is 14.5. The average Bonchev–Trinajstić information content (AvgIpc) is 2.39. The lowest BCUT2D eigenvalue weighted by Gasteiger charge is -2.20. The molecule has 1 aromatic rings. The number of rotatable bonds is 4. The summed E-state index contributed by atoms with van der Waals surface area (Å²) in [5, 5.41) is 3.44. The van der Waals surface area contributed by atoms with Gasteiger partial charge in [-0.1, -0.05) is 42.0 Å². The summed E-state index contributed by atoms with van der Waals surface area (Å²) in [7, 11) is 0. The first-order valence-electron chi connectivity index (χ1n) is 6.98. The van der Waals surface area contributed by atoms with Crippen molar-refractivity contribution >= 4 is 6.21 Å². The zero-order valence-corrected chi connectivity index (χ0v) is 12.5. The average molecular weight is 266 g/mol. The maximum Gasteiger partial charge on any atom is 0.0859 e. The number of hydrogen-bond acceptors (Lipinski definition) is 2. The van der Waals surface area contributed by atoms with Gasteiger partial charge in [-0.25, -0.2) is 0 Å². The van der Waals surface area contributed by atoms with Crippen LogP contribution in [0.25, 0.3) is 0 Å². The Hall–Kier alpha value is -2.09. The summed E-state index contributed by atoms with van der Waals surface area (Å²) in [6, 6.07) is 8.56. The highest BCUT2D eigenvalue weighted by Crippen LogP contribution is 2.22. The van der Waals surface area contributed by atoms with Crippen LogP contribution in [0.4, 0.5) is 0 Å². The second-order valence-electron chi connectivity index (χ2n) is 5.26. The molecule has 1 aromatic carbocycles.